The fraction of sp³-hybridized carbons (Fsp3) is 0.250. The number of hydrogen-bond donors (Lipinski definition) is 1. The highest BCUT2D eigenvalue weighted by atomic mass is 35.5. The quantitative estimate of drug-likeness (QED) is 0.607. The Balaban J connectivity index is 2.66. The lowest BCUT2D eigenvalue weighted by molar-refractivity contribution is 0.462. The van der Waals surface area contributed by atoms with E-state index in [0.29, 0.717) is 5.02 Å². The Bertz CT molecular complexity index is 266. The largest absolute Gasteiger partial charge is 0.506 e. The van der Waals surface area contributed by atoms with Crippen molar-refractivity contribution in [1.29, 1.82) is 0 Å². The van der Waals surface area contributed by atoms with E-state index in [0.717, 1.165) is 18.4 Å². The van der Waals surface area contributed by atoms with Crippen LogP contribution in [0.15, 0.2) is 12.1 Å². The molecule has 0 amide bonds. The number of rotatable bonds is 0. The first-order chi connectivity index (χ1) is 4.79. The minimum Gasteiger partial charge on any atom is -0.506 e. The van der Waals surface area contributed by atoms with Gasteiger partial charge in [0.2, 0.25) is 0 Å². The standard InChI is InChI=1S/C8H7ClO/c9-7-4-2-5-1-3-6(5)8(7)10/h2,4,10H,1,3H2. The van der Waals surface area contributed by atoms with Crippen LogP contribution in [0.2, 0.25) is 5.02 Å². The number of phenolic OH excluding ortho intramolecular Hbond substituents is 1. The molecule has 1 nitrogen and oxygen atoms in total. The van der Waals surface area contributed by atoms with E-state index in [1.807, 2.05) is 6.07 Å². The van der Waals surface area contributed by atoms with Crippen LogP contribution in [0, 0.1) is 0 Å². The second kappa shape index (κ2) is 1.89. The molecule has 0 heterocycles. The van der Waals surface area contributed by atoms with Crippen LogP contribution >= 0.6 is 11.6 Å². The van der Waals surface area contributed by atoms with Gasteiger partial charge in [0, 0.05) is 0 Å². The zero-order valence-corrected chi connectivity index (χ0v) is 6.15. The predicted octanol–water partition coefficient (Wildman–Crippen LogP) is 2.14. The fourth-order valence-corrected chi connectivity index (χ4v) is 1.42. The molecule has 0 spiro atoms. The highest BCUT2D eigenvalue weighted by Crippen LogP contribution is 2.36. The van der Waals surface area contributed by atoms with E-state index in [9.17, 15) is 5.11 Å². The van der Waals surface area contributed by atoms with E-state index in [-0.39, 0.29) is 5.75 Å². The predicted molar refractivity (Wildman–Crippen MR) is 40.5 cm³/mol. The number of hydrogen-bond acceptors (Lipinski definition) is 1. The zero-order valence-electron chi connectivity index (χ0n) is 5.39. The molecule has 2 rings (SSSR count). The van der Waals surface area contributed by atoms with Crippen molar-refractivity contribution in [3.63, 3.8) is 0 Å². The average molecular weight is 155 g/mol. The summed E-state index contributed by atoms with van der Waals surface area (Å²) < 4.78 is 0. The normalized spacial score (nSPS) is 14.1. The van der Waals surface area contributed by atoms with Crippen molar-refractivity contribution in [3.8, 4) is 5.75 Å². The average Bonchev–Trinajstić information content (AvgIpc) is 1.82. The van der Waals surface area contributed by atoms with Crippen molar-refractivity contribution in [1.82, 2.24) is 0 Å². The molecule has 0 saturated heterocycles. The summed E-state index contributed by atoms with van der Waals surface area (Å²) in [7, 11) is 0. The van der Waals surface area contributed by atoms with Gasteiger partial charge in [0.25, 0.3) is 0 Å². The van der Waals surface area contributed by atoms with Crippen molar-refractivity contribution >= 4 is 11.6 Å². The molecule has 1 aromatic rings. The summed E-state index contributed by atoms with van der Waals surface area (Å²) in [4.78, 5) is 0. The fourth-order valence-electron chi connectivity index (χ4n) is 1.25. The van der Waals surface area contributed by atoms with Crippen LogP contribution < -0.4 is 0 Å². The summed E-state index contributed by atoms with van der Waals surface area (Å²) >= 11 is 5.67. The van der Waals surface area contributed by atoms with Crippen LogP contribution in [0.3, 0.4) is 0 Å². The summed E-state index contributed by atoms with van der Waals surface area (Å²) in [5.74, 6) is 0.283. The highest BCUT2D eigenvalue weighted by molar-refractivity contribution is 6.32. The van der Waals surface area contributed by atoms with Crippen LogP contribution in [0.4, 0.5) is 0 Å². The molecule has 0 aromatic heterocycles. The lowest BCUT2D eigenvalue weighted by Crippen LogP contribution is -2.07. The van der Waals surface area contributed by atoms with Crippen LogP contribution in [-0.2, 0) is 12.8 Å². The number of fused-ring (bicyclic) bond motifs is 1. The Kier molecular flexibility index (Phi) is 1.15. The van der Waals surface area contributed by atoms with Crippen LogP contribution in [0.1, 0.15) is 11.1 Å². The summed E-state index contributed by atoms with van der Waals surface area (Å²) in [6.45, 7) is 0. The maximum atomic E-state index is 9.31. The maximum absolute atomic E-state index is 9.31. The second-order valence-corrected chi connectivity index (χ2v) is 2.94. The first-order valence-corrected chi connectivity index (χ1v) is 3.66. The van der Waals surface area contributed by atoms with Gasteiger partial charge in [-0.2, -0.15) is 0 Å². The van der Waals surface area contributed by atoms with Crippen LogP contribution in [0.5, 0.6) is 5.75 Å². The van der Waals surface area contributed by atoms with Gasteiger partial charge in [-0.25, -0.2) is 0 Å². The van der Waals surface area contributed by atoms with Gasteiger partial charge in [-0.05, 0) is 30.0 Å². The summed E-state index contributed by atoms with van der Waals surface area (Å²) in [5.41, 5.74) is 2.27. The first-order valence-electron chi connectivity index (χ1n) is 3.28. The third-order valence-corrected chi connectivity index (χ3v) is 2.28. The van der Waals surface area contributed by atoms with E-state index >= 15 is 0 Å². The Labute approximate surface area is 64.3 Å². The van der Waals surface area contributed by atoms with E-state index in [1.54, 1.807) is 6.07 Å². The summed E-state index contributed by atoms with van der Waals surface area (Å²) in [6, 6.07) is 3.72. The third-order valence-electron chi connectivity index (χ3n) is 1.97. The molecule has 1 aliphatic carbocycles. The van der Waals surface area contributed by atoms with Crippen molar-refractivity contribution in [2.75, 3.05) is 0 Å². The number of halogens is 1. The number of aromatic hydroxyl groups is 1. The van der Waals surface area contributed by atoms with Crippen molar-refractivity contribution in [2.24, 2.45) is 0 Å². The number of benzene rings is 1. The molecule has 1 aliphatic rings. The third kappa shape index (κ3) is 0.641. The molecule has 2 heteroatoms. The van der Waals surface area contributed by atoms with Gasteiger partial charge in [0.05, 0.1) is 5.02 Å². The molecule has 10 heavy (non-hydrogen) atoms. The molecule has 0 bridgehead atoms. The molecule has 0 fully saturated rings. The number of phenols is 1. The van der Waals surface area contributed by atoms with Gasteiger partial charge in [-0.15, -0.1) is 0 Å². The molecule has 0 aliphatic heterocycles. The zero-order chi connectivity index (χ0) is 7.14. The van der Waals surface area contributed by atoms with E-state index < -0.39 is 0 Å². The minimum atomic E-state index is 0.283. The maximum Gasteiger partial charge on any atom is 0.137 e. The minimum absolute atomic E-state index is 0.283. The summed E-state index contributed by atoms with van der Waals surface area (Å²) in [5, 5.41) is 9.78. The molecule has 0 saturated carbocycles. The monoisotopic (exact) mass is 154 g/mol. The smallest absolute Gasteiger partial charge is 0.137 e. The van der Waals surface area contributed by atoms with Gasteiger partial charge >= 0.3 is 0 Å². The first kappa shape index (κ1) is 6.05. The molecule has 1 aromatic carbocycles. The molecule has 0 radical (unpaired) electrons. The van der Waals surface area contributed by atoms with Crippen molar-refractivity contribution in [2.45, 2.75) is 12.8 Å². The van der Waals surface area contributed by atoms with Gasteiger partial charge in [0.1, 0.15) is 5.75 Å². The summed E-state index contributed by atoms with van der Waals surface area (Å²) in [6.07, 6.45) is 2.06. The molecular formula is C8H7ClO. The van der Waals surface area contributed by atoms with Crippen LogP contribution in [0.25, 0.3) is 0 Å². The molecule has 52 valence electrons. The van der Waals surface area contributed by atoms with Gasteiger partial charge in [-0.1, -0.05) is 17.7 Å². The Hall–Kier alpha value is -0.690. The number of aryl methyl sites for hydroxylation is 1. The Morgan fingerprint density at radius 3 is 2.60 bits per heavy atom. The van der Waals surface area contributed by atoms with E-state index in [4.69, 9.17) is 11.6 Å². The second-order valence-electron chi connectivity index (χ2n) is 2.53. The highest BCUT2D eigenvalue weighted by Gasteiger charge is 2.18. The van der Waals surface area contributed by atoms with E-state index in [1.165, 1.54) is 5.56 Å². The van der Waals surface area contributed by atoms with Gasteiger partial charge < -0.3 is 5.11 Å². The molecular weight excluding hydrogens is 148 g/mol. The topological polar surface area (TPSA) is 20.2 Å². The SMILES string of the molecule is Oc1c(Cl)ccc2c1CC2. The van der Waals surface area contributed by atoms with E-state index in [2.05, 4.69) is 0 Å². The molecule has 0 atom stereocenters. The van der Waals surface area contributed by atoms with Gasteiger partial charge in [0.15, 0.2) is 0 Å². The Morgan fingerprint density at radius 2 is 2.10 bits per heavy atom. The van der Waals surface area contributed by atoms with Crippen LogP contribution in [-0.4, -0.2) is 5.11 Å². The Morgan fingerprint density at radius 1 is 1.30 bits per heavy atom. The van der Waals surface area contributed by atoms with Crippen molar-refractivity contribution in [3.05, 3.63) is 28.3 Å². The lowest BCUT2D eigenvalue weighted by atomic mass is 9.88. The lowest BCUT2D eigenvalue weighted by Gasteiger charge is -2.19. The van der Waals surface area contributed by atoms with Crippen molar-refractivity contribution < 1.29 is 5.11 Å². The molecule has 0 unspecified atom stereocenters. The van der Waals surface area contributed by atoms with Gasteiger partial charge in [-0.3, -0.25) is 0 Å². The molecule has 1 N–H and O–H groups in total.